The van der Waals surface area contributed by atoms with Gasteiger partial charge in [-0.15, -0.1) is 11.3 Å². The second-order valence-corrected chi connectivity index (χ2v) is 7.63. The molecule has 0 bridgehead atoms. The van der Waals surface area contributed by atoms with E-state index in [0.29, 0.717) is 0 Å². The molecule has 0 aliphatic heterocycles. The molecule has 21 heavy (non-hydrogen) atoms. The Kier molecular flexibility index (Phi) is 3.79. The van der Waals surface area contributed by atoms with Gasteiger partial charge in [0.15, 0.2) is 0 Å². The molecule has 2 aromatic carbocycles. The highest BCUT2D eigenvalue weighted by Gasteiger charge is 2.23. The summed E-state index contributed by atoms with van der Waals surface area (Å²) in [7, 11) is 0. The predicted molar refractivity (Wildman–Crippen MR) is 96.6 cm³/mol. The van der Waals surface area contributed by atoms with Crippen LogP contribution in [0.25, 0.3) is 20.2 Å². The Balaban J connectivity index is 2.40. The summed E-state index contributed by atoms with van der Waals surface area (Å²) >= 11 is 1.93. The molecule has 1 aromatic heterocycles. The minimum absolute atomic E-state index is 0.252. The van der Waals surface area contributed by atoms with Crippen LogP contribution in [0.2, 0.25) is 0 Å². The van der Waals surface area contributed by atoms with Crippen molar-refractivity contribution >= 4 is 31.5 Å². The molecule has 0 N–H and O–H groups in total. The van der Waals surface area contributed by atoms with Crippen LogP contribution >= 0.6 is 11.3 Å². The molecule has 0 saturated heterocycles. The van der Waals surface area contributed by atoms with Crippen molar-refractivity contribution < 1.29 is 0 Å². The SMILES string of the molecule is CCCc1c(C(C)(C)CC)ccc2sc3ccccc3c12. The molecule has 110 valence electrons. The molecule has 0 unspecified atom stereocenters. The average molecular weight is 296 g/mol. The molecule has 0 amide bonds. The molecular weight excluding hydrogens is 272 g/mol. The largest absolute Gasteiger partial charge is 0.135 e. The van der Waals surface area contributed by atoms with Gasteiger partial charge in [0.25, 0.3) is 0 Å². The van der Waals surface area contributed by atoms with Crippen molar-refractivity contribution in [2.75, 3.05) is 0 Å². The summed E-state index contributed by atoms with van der Waals surface area (Å²) in [5.41, 5.74) is 3.38. The number of aryl methyl sites for hydroxylation is 1. The van der Waals surface area contributed by atoms with Gasteiger partial charge in [-0.3, -0.25) is 0 Å². The van der Waals surface area contributed by atoms with Crippen LogP contribution in [-0.2, 0) is 11.8 Å². The van der Waals surface area contributed by atoms with E-state index in [2.05, 4.69) is 64.1 Å². The van der Waals surface area contributed by atoms with Crippen molar-refractivity contribution in [3.8, 4) is 0 Å². The van der Waals surface area contributed by atoms with Gasteiger partial charge >= 0.3 is 0 Å². The second-order valence-electron chi connectivity index (χ2n) is 6.55. The van der Waals surface area contributed by atoms with Crippen molar-refractivity contribution in [2.24, 2.45) is 0 Å². The molecule has 0 spiro atoms. The van der Waals surface area contributed by atoms with E-state index in [1.165, 1.54) is 39.4 Å². The van der Waals surface area contributed by atoms with Gasteiger partial charge in [-0.1, -0.05) is 58.4 Å². The van der Waals surface area contributed by atoms with Gasteiger partial charge in [0.2, 0.25) is 0 Å². The molecule has 3 aromatic rings. The van der Waals surface area contributed by atoms with Crippen LogP contribution in [0.1, 0.15) is 51.7 Å². The fourth-order valence-corrected chi connectivity index (χ4v) is 4.36. The lowest BCUT2D eigenvalue weighted by molar-refractivity contribution is 0.501. The van der Waals surface area contributed by atoms with Crippen LogP contribution in [0.4, 0.5) is 0 Å². The van der Waals surface area contributed by atoms with Crippen molar-refractivity contribution in [1.29, 1.82) is 0 Å². The third kappa shape index (κ3) is 2.38. The average Bonchev–Trinajstić information content (AvgIpc) is 2.86. The fourth-order valence-electron chi connectivity index (χ4n) is 3.22. The number of rotatable bonds is 4. The van der Waals surface area contributed by atoms with Crippen molar-refractivity contribution in [1.82, 2.24) is 0 Å². The topological polar surface area (TPSA) is 0 Å². The Labute approximate surface area is 131 Å². The highest BCUT2D eigenvalue weighted by molar-refractivity contribution is 7.25. The fraction of sp³-hybridized carbons (Fsp3) is 0.400. The Hall–Kier alpha value is -1.34. The third-order valence-corrected chi connectivity index (χ3v) is 5.90. The highest BCUT2D eigenvalue weighted by atomic mass is 32.1. The van der Waals surface area contributed by atoms with Gasteiger partial charge < -0.3 is 0 Å². The van der Waals surface area contributed by atoms with Gasteiger partial charge in [0.1, 0.15) is 0 Å². The maximum Gasteiger partial charge on any atom is 0.0358 e. The molecule has 3 rings (SSSR count). The van der Waals surface area contributed by atoms with Gasteiger partial charge in [-0.2, -0.15) is 0 Å². The molecule has 0 aliphatic rings. The minimum atomic E-state index is 0.252. The summed E-state index contributed by atoms with van der Waals surface area (Å²) in [5, 5.41) is 2.95. The van der Waals surface area contributed by atoms with E-state index >= 15 is 0 Å². The molecule has 0 fully saturated rings. The van der Waals surface area contributed by atoms with Crippen LogP contribution in [0.3, 0.4) is 0 Å². The second kappa shape index (κ2) is 5.46. The van der Waals surface area contributed by atoms with Gasteiger partial charge in [-0.05, 0) is 41.5 Å². The lowest BCUT2D eigenvalue weighted by Crippen LogP contribution is -2.18. The number of hydrogen-bond acceptors (Lipinski definition) is 1. The summed E-state index contributed by atoms with van der Waals surface area (Å²) in [6.07, 6.45) is 3.56. The highest BCUT2D eigenvalue weighted by Crippen LogP contribution is 2.41. The molecule has 0 saturated carbocycles. The maximum atomic E-state index is 2.38. The van der Waals surface area contributed by atoms with Crippen LogP contribution in [0.5, 0.6) is 0 Å². The third-order valence-electron chi connectivity index (χ3n) is 4.76. The quantitative estimate of drug-likeness (QED) is 0.503. The lowest BCUT2D eigenvalue weighted by atomic mass is 9.78. The number of benzene rings is 2. The Bertz CT molecular complexity index is 777. The predicted octanol–water partition coefficient (Wildman–Crippen LogP) is 6.69. The summed E-state index contributed by atoms with van der Waals surface area (Å²) in [4.78, 5) is 0. The van der Waals surface area contributed by atoms with Crippen LogP contribution in [-0.4, -0.2) is 0 Å². The molecule has 0 aliphatic carbocycles. The van der Waals surface area contributed by atoms with Crippen LogP contribution in [0, 0.1) is 0 Å². The van der Waals surface area contributed by atoms with Gasteiger partial charge in [0, 0.05) is 20.2 Å². The zero-order valence-corrected chi connectivity index (χ0v) is 14.3. The normalized spacial score (nSPS) is 12.4. The van der Waals surface area contributed by atoms with Crippen LogP contribution < -0.4 is 0 Å². The summed E-state index contributed by atoms with van der Waals surface area (Å²) in [6.45, 7) is 9.34. The molecule has 0 nitrogen and oxygen atoms in total. The summed E-state index contributed by atoms with van der Waals surface area (Å²) in [5.74, 6) is 0. The van der Waals surface area contributed by atoms with Gasteiger partial charge in [0.05, 0.1) is 0 Å². The number of thiophene rings is 1. The number of fused-ring (bicyclic) bond motifs is 3. The first-order chi connectivity index (χ1) is 10.1. The van der Waals surface area contributed by atoms with Crippen molar-refractivity contribution in [3.63, 3.8) is 0 Å². The van der Waals surface area contributed by atoms with E-state index in [1.54, 1.807) is 11.1 Å². The molecule has 0 radical (unpaired) electrons. The van der Waals surface area contributed by atoms with E-state index in [0.717, 1.165) is 0 Å². The monoisotopic (exact) mass is 296 g/mol. The van der Waals surface area contributed by atoms with E-state index < -0.39 is 0 Å². The molecular formula is C20H24S. The van der Waals surface area contributed by atoms with E-state index in [-0.39, 0.29) is 5.41 Å². The van der Waals surface area contributed by atoms with E-state index in [1.807, 2.05) is 11.3 Å². The zero-order valence-electron chi connectivity index (χ0n) is 13.5. The minimum Gasteiger partial charge on any atom is -0.135 e. The lowest BCUT2D eigenvalue weighted by Gasteiger charge is -2.27. The number of hydrogen-bond donors (Lipinski definition) is 0. The summed E-state index contributed by atoms with van der Waals surface area (Å²) in [6, 6.07) is 13.6. The molecule has 1 heterocycles. The summed E-state index contributed by atoms with van der Waals surface area (Å²) < 4.78 is 2.85. The molecule has 0 atom stereocenters. The first kappa shape index (κ1) is 14.6. The zero-order chi connectivity index (χ0) is 15.0. The first-order valence-corrected chi connectivity index (χ1v) is 8.83. The smallest absolute Gasteiger partial charge is 0.0358 e. The standard InChI is InChI=1S/C20H24S/c1-5-9-14-16(20(3,4)6-2)12-13-18-19(14)15-10-7-8-11-17(15)21-18/h7-8,10-13H,5-6,9H2,1-4H3. The Morgan fingerprint density at radius 1 is 0.952 bits per heavy atom. The van der Waals surface area contributed by atoms with Gasteiger partial charge in [-0.25, -0.2) is 0 Å². The Morgan fingerprint density at radius 3 is 2.43 bits per heavy atom. The van der Waals surface area contributed by atoms with E-state index in [4.69, 9.17) is 0 Å². The van der Waals surface area contributed by atoms with Crippen LogP contribution in [0.15, 0.2) is 36.4 Å². The molecule has 1 heteroatoms. The Morgan fingerprint density at radius 2 is 1.71 bits per heavy atom. The van der Waals surface area contributed by atoms with E-state index in [9.17, 15) is 0 Å². The maximum absolute atomic E-state index is 2.38. The first-order valence-electron chi connectivity index (χ1n) is 8.02. The van der Waals surface area contributed by atoms with Crippen molar-refractivity contribution in [2.45, 2.75) is 52.4 Å². The van der Waals surface area contributed by atoms with Crippen molar-refractivity contribution in [3.05, 3.63) is 47.5 Å².